The van der Waals surface area contributed by atoms with Crippen molar-refractivity contribution in [2.45, 2.75) is 43.4 Å². The minimum atomic E-state index is 0.0459. The second-order valence-electron chi connectivity index (χ2n) is 6.00. The zero-order chi connectivity index (χ0) is 14.9. The van der Waals surface area contributed by atoms with Crippen molar-refractivity contribution in [1.29, 1.82) is 0 Å². The maximum Gasteiger partial charge on any atom is 0.260 e. The van der Waals surface area contributed by atoms with Crippen LogP contribution in [0.4, 0.5) is 5.82 Å². The number of benzene rings is 1. The number of nitrogen functional groups attached to an aromatic ring is 1. The van der Waals surface area contributed by atoms with Crippen molar-refractivity contribution in [2.24, 2.45) is 0 Å². The van der Waals surface area contributed by atoms with Crippen LogP contribution in [0.5, 0.6) is 0 Å². The minimum Gasteiger partial charge on any atom is -0.385 e. The van der Waals surface area contributed by atoms with Crippen molar-refractivity contribution in [3.63, 3.8) is 0 Å². The molecular weight excluding hydrogens is 280 g/mol. The van der Waals surface area contributed by atoms with Gasteiger partial charge in [-0.15, -0.1) is 0 Å². The van der Waals surface area contributed by atoms with E-state index in [9.17, 15) is 4.79 Å². The average molecular weight is 302 g/mol. The maximum atomic E-state index is 12.8. The number of fused-ring (bicyclic) bond motifs is 1. The number of pyridine rings is 1. The Kier molecular flexibility index (Phi) is 3.98. The van der Waals surface area contributed by atoms with Gasteiger partial charge in [-0.1, -0.05) is 37.5 Å². The first-order valence-corrected chi connectivity index (χ1v) is 8.81. The Labute approximate surface area is 129 Å². The summed E-state index contributed by atoms with van der Waals surface area (Å²) in [7, 11) is 0. The van der Waals surface area contributed by atoms with Gasteiger partial charge in [-0.05, 0) is 36.6 Å². The molecule has 0 bridgehead atoms. The van der Waals surface area contributed by atoms with Crippen LogP contribution in [-0.2, 0) is 6.54 Å². The predicted octanol–water partition coefficient (Wildman–Crippen LogP) is 3.65. The fourth-order valence-electron chi connectivity index (χ4n) is 3.39. The molecule has 3 rings (SSSR count). The Morgan fingerprint density at radius 1 is 1.24 bits per heavy atom. The molecule has 1 aliphatic carbocycles. The van der Waals surface area contributed by atoms with Crippen LogP contribution in [0, 0.1) is 0 Å². The first kappa shape index (κ1) is 14.5. The van der Waals surface area contributed by atoms with Gasteiger partial charge in [0.25, 0.3) is 5.56 Å². The van der Waals surface area contributed by atoms with Gasteiger partial charge < -0.3 is 5.73 Å². The Bertz CT molecular complexity index is 701. The van der Waals surface area contributed by atoms with Crippen LogP contribution >= 0.6 is 11.8 Å². The molecule has 0 amide bonds. The van der Waals surface area contributed by atoms with Gasteiger partial charge in [0.15, 0.2) is 0 Å². The molecule has 21 heavy (non-hydrogen) atoms. The molecule has 2 aromatic rings. The van der Waals surface area contributed by atoms with E-state index in [2.05, 4.69) is 6.26 Å². The van der Waals surface area contributed by atoms with E-state index in [1.165, 1.54) is 32.1 Å². The zero-order valence-corrected chi connectivity index (χ0v) is 13.3. The maximum absolute atomic E-state index is 12.8. The van der Waals surface area contributed by atoms with E-state index in [-0.39, 0.29) is 10.3 Å². The van der Waals surface area contributed by atoms with Gasteiger partial charge in [0, 0.05) is 16.7 Å². The molecule has 0 saturated heterocycles. The molecular formula is C17H22N2OS. The molecule has 1 aliphatic rings. The quantitative estimate of drug-likeness (QED) is 0.941. The summed E-state index contributed by atoms with van der Waals surface area (Å²) in [4.78, 5) is 12.8. The Hall–Kier alpha value is -1.42. The van der Waals surface area contributed by atoms with Gasteiger partial charge in [0.05, 0.1) is 0 Å². The van der Waals surface area contributed by atoms with Crippen molar-refractivity contribution in [2.75, 3.05) is 12.0 Å². The average Bonchev–Trinajstić information content (AvgIpc) is 2.52. The standard InChI is InChI=1S/C17H22N2OS/c1-21-17(9-5-2-6-10-17)12-19-15(18)11-13-7-3-4-8-14(13)16(19)20/h3-4,7-8,11H,2,5-6,9-10,12,18H2,1H3. The van der Waals surface area contributed by atoms with E-state index >= 15 is 0 Å². The molecule has 112 valence electrons. The van der Waals surface area contributed by atoms with Crippen molar-refractivity contribution < 1.29 is 0 Å². The highest BCUT2D eigenvalue weighted by atomic mass is 32.2. The fraction of sp³-hybridized carbons (Fsp3) is 0.471. The number of anilines is 1. The Balaban J connectivity index is 2.06. The number of rotatable bonds is 3. The third-order valence-corrected chi connectivity index (χ3v) is 6.10. The smallest absolute Gasteiger partial charge is 0.260 e. The van der Waals surface area contributed by atoms with Crippen molar-refractivity contribution in [3.05, 3.63) is 40.7 Å². The SMILES string of the molecule is CSC1(Cn2c(N)cc3ccccc3c2=O)CCCCC1. The monoisotopic (exact) mass is 302 g/mol. The van der Waals surface area contributed by atoms with Gasteiger partial charge in [-0.25, -0.2) is 0 Å². The summed E-state index contributed by atoms with van der Waals surface area (Å²) >= 11 is 1.90. The molecule has 1 aromatic carbocycles. The van der Waals surface area contributed by atoms with Crippen LogP contribution in [0.2, 0.25) is 0 Å². The number of hydrogen-bond donors (Lipinski definition) is 1. The normalized spacial score (nSPS) is 18.0. The van der Waals surface area contributed by atoms with Crippen LogP contribution in [0.25, 0.3) is 10.8 Å². The third kappa shape index (κ3) is 2.69. The van der Waals surface area contributed by atoms with E-state index < -0.39 is 0 Å². The van der Waals surface area contributed by atoms with E-state index in [4.69, 9.17) is 5.73 Å². The lowest BCUT2D eigenvalue weighted by Crippen LogP contribution is -2.37. The molecule has 0 radical (unpaired) electrons. The third-order valence-electron chi connectivity index (χ3n) is 4.70. The highest BCUT2D eigenvalue weighted by Gasteiger charge is 2.32. The second kappa shape index (κ2) is 5.76. The van der Waals surface area contributed by atoms with E-state index in [1.807, 2.05) is 42.1 Å². The van der Waals surface area contributed by atoms with E-state index in [0.717, 1.165) is 17.3 Å². The lowest BCUT2D eigenvalue weighted by atomic mass is 9.88. The van der Waals surface area contributed by atoms with Gasteiger partial charge in [-0.2, -0.15) is 11.8 Å². The summed E-state index contributed by atoms with van der Waals surface area (Å²) in [6.45, 7) is 0.726. The molecule has 0 aliphatic heterocycles. The summed E-state index contributed by atoms with van der Waals surface area (Å²) < 4.78 is 1.95. The van der Waals surface area contributed by atoms with E-state index in [1.54, 1.807) is 4.57 Å². The fourth-order valence-corrected chi connectivity index (χ4v) is 4.35. The lowest BCUT2D eigenvalue weighted by molar-refractivity contribution is 0.357. The van der Waals surface area contributed by atoms with Crippen molar-refractivity contribution in [1.82, 2.24) is 4.57 Å². The largest absolute Gasteiger partial charge is 0.385 e. The summed E-state index contributed by atoms with van der Waals surface area (Å²) in [5.41, 5.74) is 6.22. The van der Waals surface area contributed by atoms with E-state index in [0.29, 0.717) is 5.82 Å². The number of nitrogens with two attached hydrogens (primary N) is 1. The highest BCUT2D eigenvalue weighted by Crippen LogP contribution is 2.40. The molecule has 2 N–H and O–H groups in total. The Morgan fingerprint density at radius 3 is 2.67 bits per heavy atom. The molecule has 0 spiro atoms. The molecule has 1 fully saturated rings. The molecule has 1 saturated carbocycles. The van der Waals surface area contributed by atoms with Crippen LogP contribution in [-0.4, -0.2) is 15.6 Å². The van der Waals surface area contributed by atoms with Crippen LogP contribution in [0.3, 0.4) is 0 Å². The predicted molar refractivity (Wildman–Crippen MR) is 92.0 cm³/mol. The summed E-state index contributed by atoms with van der Waals surface area (Å²) in [6, 6.07) is 9.61. The molecule has 4 heteroatoms. The number of aromatic nitrogens is 1. The first-order chi connectivity index (χ1) is 10.2. The molecule has 3 nitrogen and oxygen atoms in total. The summed E-state index contributed by atoms with van der Waals surface area (Å²) in [5, 5.41) is 1.69. The molecule has 0 unspecified atom stereocenters. The summed E-state index contributed by atoms with van der Waals surface area (Å²) in [6.07, 6.45) is 8.32. The van der Waals surface area contributed by atoms with Crippen LogP contribution < -0.4 is 11.3 Å². The number of hydrogen-bond acceptors (Lipinski definition) is 3. The Morgan fingerprint density at radius 2 is 1.95 bits per heavy atom. The van der Waals surface area contributed by atoms with Crippen molar-refractivity contribution >= 4 is 28.4 Å². The van der Waals surface area contributed by atoms with Gasteiger partial charge in [-0.3, -0.25) is 9.36 Å². The highest BCUT2D eigenvalue weighted by molar-refractivity contribution is 8.00. The van der Waals surface area contributed by atoms with Crippen LogP contribution in [0.15, 0.2) is 35.1 Å². The molecule has 1 aromatic heterocycles. The van der Waals surface area contributed by atoms with Crippen molar-refractivity contribution in [3.8, 4) is 0 Å². The second-order valence-corrected chi connectivity index (χ2v) is 7.27. The zero-order valence-electron chi connectivity index (χ0n) is 12.5. The van der Waals surface area contributed by atoms with Crippen LogP contribution in [0.1, 0.15) is 32.1 Å². The lowest BCUT2D eigenvalue weighted by Gasteiger charge is -2.36. The van der Waals surface area contributed by atoms with Gasteiger partial charge in [0.1, 0.15) is 5.82 Å². The topological polar surface area (TPSA) is 48.0 Å². The number of thioether (sulfide) groups is 1. The minimum absolute atomic E-state index is 0.0459. The number of nitrogens with zero attached hydrogens (tertiary/aromatic N) is 1. The van der Waals surface area contributed by atoms with Gasteiger partial charge in [0.2, 0.25) is 0 Å². The first-order valence-electron chi connectivity index (χ1n) is 7.58. The van der Waals surface area contributed by atoms with Gasteiger partial charge >= 0.3 is 0 Å². The molecule has 0 atom stereocenters. The summed E-state index contributed by atoms with van der Waals surface area (Å²) in [5.74, 6) is 0.581. The molecule has 1 heterocycles.